The summed E-state index contributed by atoms with van der Waals surface area (Å²) >= 11 is 0. The van der Waals surface area contributed by atoms with Crippen molar-refractivity contribution in [3.05, 3.63) is 35.6 Å². The van der Waals surface area contributed by atoms with E-state index in [1.54, 1.807) is 12.1 Å². The fourth-order valence-electron chi connectivity index (χ4n) is 2.59. The molecule has 0 aromatic heterocycles. The standard InChI is InChI=1S/C15H22FN3O/c16-13-3-1-2-12(10-13)11-15(20)18-14-4-7-19(8-5-14)9-6-17/h1-3,10,14H,4-9,11,17H2,(H,18,20). The predicted octanol–water partition coefficient (Wildman–Crippen LogP) is 0.908. The van der Waals surface area contributed by atoms with E-state index in [9.17, 15) is 9.18 Å². The SMILES string of the molecule is NCCN1CCC(NC(=O)Cc2cccc(F)c2)CC1. The summed E-state index contributed by atoms with van der Waals surface area (Å²) in [6.45, 7) is 3.55. The monoisotopic (exact) mass is 279 g/mol. The average Bonchev–Trinajstić information content (AvgIpc) is 2.41. The third-order valence-corrected chi connectivity index (χ3v) is 3.65. The molecule has 0 spiro atoms. The van der Waals surface area contributed by atoms with Crippen LogP contribution in [0.3, 0.4) is 0 Å². The number of benzene rings is 1. The number of nitrogens with one attached hydrogen (secondary N) is 1. The van der Waals surface area contributed by atoms with Crippen LogP contribution in [-0.4, -0.2) is 43.0 Å². The summed E-state index contributed by atoms with van der Waals surface area (Å²) < 4.78 is 13.0. The molecule has 0 bridgehead atoms. The van der Waals surface area contributed by atoms with Crippen molar-refractivity contribution in [1.29, 1.82) is 0 Å². The van der Waals surface area contributed by atoms with E-state index < -0.39 is 0 Å². The Kier molecular flexibility index (Phi) is 5.49. The molecule has 1 heterocycles. The van der Waals surface area contributed by atoms with Gasteiger partial charge in [-0.05, 0) is 30.5 Å². The quantitative estimate of drug-likeness (QED) is 0.842. The minimum Gasteiger partial charge on any atom is -0.353 e. The van der Waals surface area contributed by atoms with Crippen LogP contribution in [0.5, 0.6) is 0 Å². The van der Waals surface area contributed by atoms with Crippen LogP contribution < -0.4 is 11.1 Å². The van der Waals surface area contributed by atoms with E-state index in [2.05, 4.69) is 10.2 Å². The fraction of sp³-hybridized carbons (Fsp3) is 0.533. The van der Waals surface area contributed by atoms with Gasteiger partial charge in [0.15, 0.2) is 0 Å². The van der Waals surface area contributed by atoms with Gasteiger partial charge in [0.2, 0.25) is 5.91 Å². The van der Waals surface area contributed by atoms with Crippen LogP contribution in [0, 0.1) is 5.82 Å². The van der Waals surface area contributed by atoms with E-state index in [4.69, 9.17) is 5.73 Å². The molecule has 20 heavy (non-hydrogen) atoms. The molecular weight excluding hydrogens is 257 g/mol. The van der Waals surface area contributed by atoms with Crippen molar-refractivity contribution in [2.75, 3.05) is 26.2 Å². The maximum Gasteiger partial charge on any atom is 0.224 e. The van der Waals surface area contributed by atoms with Crippen LogP contribution in [-0.2, 0) is 11.2 Å². The van der Waals surface area contributed by atoms with Crippen molar-refractivity contribution in [2.45, 2.75) is 25.3 Å². The van der Waals surface area contributed by atoms with Crippen LogP contribution in [0.4, 0.5) is 4.39 Å². The number of halogens is 1. The zero-order valence-electron chi connectivity index (χ0n) is 11.6. The average molecular weight is 279 g/mol. The van der Waals surface area contributed by atoms with Crippen LogP contribution in [0.1, 0.15) is 18.4 Å². The van der Waals surface area contributed by atoms with Gasteiger partial charge in [0, 0.05) is 32.2 Å². The number of carbonyl (C=O) groups is 1. The Morgan fingerprint density at radius 1 is 1.40 bits per heavy atom. The molecule has 1 fully saturated rings. The lowest BCUT2D eigenvalue weighted by Crippen LogP contribution is -2.46. The molecule has 0 unspecified atom stereocenters. The van der Waals surface area contributed by atoms with Gasteiger partial charge in [-0.15, -0.1) is 0 Å². The van der Waals surface area contributed by atoms with E-state index in [-0.39, 0.29) is 24.2 Å². The first kappa shape index (κ1) is 14.9. The molecule has 4 nitrogen and oxygen atoms in total. The molecule has 5 heteroatoms. The number of piperidine rings is 1. The van der Waals surface area contributed by atoms with E-state index >= 15 is 0 Å². The first-order valence-corrected chi connectivity index (χ1v) is 7.13. The molecule has 0 saturated carbocycles. The Morgan fingerprint density at radius 3 is 2.80 bits per heavy atom. The van der Waals surface area contributed by atoms with Gasteiger partial charge in [0.1, 0.15) is 5.82 Å². The molecule has 1 amide bonds. The molecule has 1 aromatic rings. The van der Waals surface area contributed by atoms with Crippen molar-refractivity contribution < 1.29 is 9.18 Å². The van der Waals surface area contributed by atoms with Gasteiger partial charge < -0.3 is 16.0 Å². The van der Waals surface area contributed by atoms with Gasteiger partial charge in [-0.1, -0.05) is 12.1 Å². The second-order valence-electron chi connectivity index (χ2n) is 5.28. The number of likely N-dealkylation sites (tertiary alicyclic amines) is 1. The number of amides is 1. The molecule has 1 aliphatic rings. The fourth-order valence-corrected chi connectivity index (χ4v) is 2.59. The van der Waals surface area contributed by atoms with Crippen molar-refractivity contribution in [2.24, 2.45) is 5.73 Å². The maximum absolute atomic E-state index is 13.0. The lowest BCUT2D eigenvalue weighted by molar-refractivity contribution is -0.121. The van der Waals surface area contributed by atoms with Crippen LogP contribution in [0.25, 0.3) is 0 Å². The van der Waals surface area contributed by atoms with Gasteiger partial charge in [0.25, 0.3) is 0 Å². The molecular formula is C15H22FN3O. The highest BCUT2D eigenvalue weighted by Crippen LogP contribution is 2.10. The van der Waals surface area contributed by atoms with Crippen molar-refractivity contribution >= 4 is 5.91 Å². The van der Waals surface area contributed by atoms with E-state index in [1.807, 2.05) is 0 Å². The number of hydrogen-bond donors (Lipinski definition) is 2. The molecule has 0 aliphatic carbocycles. The largest absolute Gasteiger partial charge is 0.353 e. The highest BCUT2D eigenvalue weighted by atomic mass is 19.1. The van der Waals surface area contributed by atoms with E-state index in [0.29, 0.717) is 12.1 Å². The third-order valence-electron chi connectivity index (χ3n) is 3.65. The lowest BCUT2D eigenvalue weighted by Gasteiger charge is -2.32. The summed E-state index contributed by atoms with van der Waals surface area (Å²) in [7, 11) is 0. The van der Waals surface area contributed by atoms with Crippen molar-refractivity contribution in [3.63, 3.8) is 0 Å². The van der Waals surface area contributed by atoms with Crippen LogP contribution in [0.15, 0.2) is 24.3 Å². The maximum atomic E-state index is 13.0. The van der Waals surface area contributed by atoms with Crippen molar-refractivity contribution in [3.8, 4) is 0 Å². The Labute approximate surface area is 119 Å². The van der Waals surface area contributed by atoms with Gasteiger partial charge in [-0.3, -0.25) is 4.79 Å². The Balaban J connectivity index is 1.75. The van der Waals surface area contributed by atoms with Gasteiger partial charge in [-0.25, -0.2) is 4.39 Å². The zero-order valence-corrected chi connectivity index (χ0v) is 11.6. The second-order valence-corrected chi connectivity index (χ2v) is 5.28. The summed E-state index contributed by atoms with van der Waals surface area (Å²) in [6, 6.07) is 6.42. The van der Waals surface area contributed by atoms with Crippen LogP contribution >= 0.6 is 0 Å². The molecule has 1 saturated heterocycles. The number of carbonyl (C=O) groups excluding carboxylic acids is 1. The molecule has 0 atom stereocenters. The molecule has 2 rings (SSSR count). The second kappa shape index (κ2) is 7.36. The normalized spacial score (nSPS) is 17.1. The zero-order chi connectivity index (χ0) is 14.4. The molecule has 1 aromatic carbocycles. The minimum absolute atomic E-state index is 0.0344. The number of nitrogens with two attached hydrogens (primary N) is 1. The molecule has 3 N–H and O–H groups in total. The first-order chi connectivity index (χ1) is 9.67. The van der Waals surface area contributed by atoms with E-state index in [0.717, 1.165) is 32.5 Å². The summed E-state index contributed by atoms with van der Waals surface area (Å²) in [5, 5.41) is 3.03. The summed E-state index contributed by atoms with van der Waals surface area (Å²) in [6.07, 6.45) is 2.14. The summed E-state index contributed by atoms with van der Waals surface area (Å²) in [4.78, 5) is 14.2. The molecule has 1 aliphatic heterocycles. The highest BCUT2D eigenvalue weighted by molar-refractivity contribution is 5.78. The van der Waals surface area contributed by atoms with Crippen LogP contribution in [0.2, 0.25) is 0 Å². The number of nitrogens with zero attached hydrogens (tertiary/aromatic N) is 1. The first-order valence-electron chi connectivity index (χ1n) is 7.13. The molecule has 0 radical (unpaired) electrons. The van der Waals surface area contributed by atoms with Gasteiger partial charge >= 0.3 is 0 Å². The predicted molar refractivity (Wildman–Crippen MR) is 76.8 cm³/mol. The highest BCUT2D eigenvalue weighted by Gasteiger charge is 2.20. The lowest BCUT2D eigenvalue weighted by atomic mass is 10.0. The van der Waals surface area contributed by atoms with E-state index in [1.165, 1.54) is 12.1 Å². The Hall–Kier alpha value is -1.46. The van der Waals surface area contributed by atoms with Gasteiger partial charge in [-0.2, -0.15) is 0 Å². The van der Waals surface area contributed by atoms with Gasteiger partial charge in [0.05, 0.1) is 6.42 Å². The third kappa shape index (κ3) is 4.58. The summed E-state index contributed by atoms with van der Waals surface area (Å²) in [5.41, 5.74) is 6.24. The number of rotatable bonds is 5. The smallest absolute Gasteiger partial charge is 0.224 e. The number of hydrogen-bond acceptors (Lipinski definition) is 3. The Bertz CT molecular complexity index is 444. The minimum atomic E-state index is -0.301. The molecule has 110 valence electrons. The van der Waals surface area contributed by atoms with Crippen molar-refractivity contribution in [1.82, 2.24) is 10.2 Å². The topological polar surface area (TPSA) is 58.4 Å². The Morgan fingerprint density at radius 2 is 2.15 bits per heavy atom. The summed E-state index contributed by atoms with van der Waals surface area (Å²) in [5.74, 6) is -0.335.